The van der Waals surface area contributed by atoms with Crippen LogP contribution in [0.1, 0.15) is 47.9 Å². The van der Waals surface area contributed by atoms with Crippen molar-refractivity contribution >= 4 is 21.7 Å². The topological polar surface area (TPSA) is 83.5 Å². The van der Waals surface area contributed by atoms with Gasteiger partial charge in [-0.1, -0.05) is 6.07 Å². The van der Waals surface area contributed by atoms with Gasteiger partial charge in [-0.3, -0.25) is 9.69 Å². The van der Waals surface area contributed by atoms with E-state index in [4.69, 9.17) is 0 Å². The van der Waals surface area contributed by atoms with E-state index in [9.17, 15) is 17.6 Å². The van der Waals surface area contributed by atoms with E-state index in [1.54, 1.807) is 14.0 Å². The lowest BCUT2D eigenvalue weighted by Gasteiger charge is -2.28. The molecule has 4 rings (SSSR count). The number of carbonyl (C=O) groups excluding carboxylic acids is 1. The van der Waals surface area contributed by atoms with E-state index >= 15 is 0 Å². The van der Waals surface area contributed by atoms with Crippen LogP contribution in [-0.4, -0.2) is 42.2 Å². The molecule has 3 heterocycles. The molecular formula is C20H23FN4O3S. The van der Waals surface area contributed by atoms with Gasteiger partial charge in [-0.15, -0.1) is 0 Å². The minimum atomic E-state index is -3.90. The van der Waals surface area contributed by atoms with Crippen molar-refractivity contribution in [2.24, 2.45) is 0 Å². The summed E-state index contributed by atoms with van der Waals surface area (Å²) in [5, 5.41) is 0. The first-order valence-corrected chi connectivity index (χ1v) is 11.1. The summed E-state index contributed by atoms with van der Waals surface area (Å²) < 4.78 is 41.8. The number of halogens is 1. The molecule has 29 heavy (non-hydrogen) atoms. The fraction of sp³-hybridized carbons (Fsp3) is 0.450. The van der Waals surface area contributed by atoms with E-state index in [0.717, 1.165) is 17.3 Å². The van der Waals surface area contributed by atoms with Gasteiger partial charge < -0.3 is 0 Å². The van der Waals surface area contributed by atoms with Gasteiger partial charge in [0.25, 0.3) is 0 Å². The zero-order valence-electron chi connectivity index (χ0n) is 16.6. The van der Waals surface area contributed by atoms with Crippen LogP contribution in [0.15, 0.2) is 23.1 Å². The number of sulfonamides is 1. The quantitative estimate of drug-likeness (QED) is 0.765. The Hall–Kier alpha value is -2.39. The zero-order valence-corrected chi connectivity index (χ0v) is 17.5. The summed E-state index contributed by atoms with van der Waals surface area (Å²) in [7, 11) is -2.23. The maximum absolute atomic E-state index is 14.0. The molecule has 1 atom stereocenters. The lowest BCUT2D eigenvalue weighted by atomic mass is 10.0. The van der Waals surface area contributed by atoms with Crippen molar-refractivity contribution in [1.29, 1.82) is 0 Å². The van der Waals surface area contributed by atoms with Gasteiger partial charge in [-0.2, -0.15) is 4.31 Å². The minimum Gasteiger partial charge on any atom is -0.300 e. The number of nitrogens with zero attached hydrogens (tertiary/aromatic N) is 4. The van der Waals surface area contributed by atoms with Gasteiger partial charge in [0.15, 0.2) is 0 Å². The highest BCUT2D eigenvalue weighted by molar-refractivity contribution is 7.89. The standard InChI is InChI=1S/C20H23FN4O3S/c1-12-6-7-14(11-16(12)21)29(27,28)25-10-4-5-17(25)19-22-13(2)15-8-9-18(26)24(3)20(15)23-19/h6-7,11,17H,4-5,8-10H2,1-3H3/t17-/m1/s1. The van der Waals surface area contributed by atoms with Gasteiger partial charge in [0.1, 0.15) is 17.5 Å². The molecule has 9 heteroatoms. The Morgan fingerprint density at radius 3 is 2.66 bits per heavy atom. The van der Waals surface area contributed by atoms with E-state index in [0.29, 0.717) is 49.4 Å². The first-order chi connectivity index (χ1) is 13.7. The van der Waals surface area contributed by atoms with Crippen LogP contribution in [0.5, 0.6) is 0 Å². The zero-order chi connectivity index (χ0) is 20.9. The third-order valence-corrected chi connectivity index (χ3v) is 7.65. The third-order valence-electron chi connectivity index (χ3n) is 5.74. The van der Waals surface area contributed by atoms with Gasteiger partial charge in [-0.05, 0) is 50.8 Å². The van der Waals surface area contributed by atoms with E-state index in [2.05, 4.69) is 9.97 Å². The second-order valence-corrected chi connectivity index (χ2v) is 9.50. The molecule has 0 radical (unpaired) electrons. The predicted octanol–water partition coefficient (Wildman–Crippen LogP) is 2.67. The average Bonchev–Trinajstić information content (AvgIpc) is 3.17. The lowest BCUT2D eigenvalue weighted by Crippen LogP contribution is -2.35. The number of aryl methyl sites for hydroxylation is 2. The van der Waals surface area contributed by atoms with Crippen molar-refractivity contribution < 1.29 is 17.6 Å². The fourth-order valence-corrected chi connectivity index (χ4v) is 5.66. The largest absolute Gasteiger partial charge is 0.300 e. The maximum atomic E-state index is 14.0. The minimum absolute atomic E-state index is 0.0208. The molecule has 7 nitrogen and oxygen atoms in total. The van der Waals surface area contributed by atoms with Crippen LogP contribution >= 0.6 is 0 Å². The number of amides is 1. The molecule has 2 aliphatic rings. The van der Waals surface area contributed by atoms with Crippen LogP contribution in [0, 0.1) is 19.7 Å². The second-order valence-electron chi connectivity index (χ2n) is 7.61. The summed E-state index contributed by atoms with van der Waals surface area (Å²) in [6.07, 6.45) is 2.23. The number of fused-ring (bicyclic) bond motifs is 1. The summed E-state index contributed by atoms with van der Waals surface area (Å²) >= 11 is 0. The Labute approximate surface area is 169 Å². The Kier molecular flexibility index (Phi) is 4.90. The van der Waals surface area contributed by atoms with Gasteiger partial charge in [0.05, 0.1) is 10.9 Å². The average molecular weight is 418 g/mol. The van der Waals surface area contributed by atoms with Crippen molar-refractivity contribution in [2.75, 3.05) is 18.5 Å². The normalized spacial score (nSPS) is 20.2. The van der Waals surface area contributed by atoms with Gasteiger partial charge in [0.2, 0.25) is 15.9 Å². The highest BCUT2D eigenvalue weighted by atomic mass is 32.2. The summed E-state index contributed by atoms with van der Waals surface area (Å²) in [6.45, 7) is 3.76. The molecular weight excluding hydrogens is 395 g/mol. The smallest absolute Gasteiger partial charge is 0.243 e. The number of hydrogen-bond acceptors (Lipinski definition) is 5. The summed E-state index contributed by atoms with van der Waals surface area (Å²) in [6, 6.07) is 3.41. The Morgan fingerprint density at radius 1 is 1.17 bits per heavy atom. The van der Waals surface area contributed by atoms with Crippen molar-refractivity contribution in [2.45, 2.75) is 50.5 Å². The van der Waals surface area contributed by atoms with E-state index in [1.807, 2.05) is 6.92 Å². The highest BCUT2D eigenvalue weighted by Gasteiger charge is 2.39. The number of aromatic nitrogens is 2. The molecule has 0 unspecified atom stereocenters. The maximum Gasteiger partial charge on any atom is 0.243 e. The molecule has 1 saturated heterocycles. The molecule has 0 N–H and O–H groups in total. The van der Waals surface area contributed by atoms with E-state index in [1.165, 1.54) is 21.3 Å². The molecule has 1 aromatic heterocycles. The first kappa shape index (κ1) is 19.9. The molecule has 1 aromatic carbocycles. The molecule has 0 aliphatic carbocycles. The molecule has 2 aliphatic heterocycles. The predicted molar refractivity (Wildman–Crippen MR) is 106 cm³/mol. The van der Waals surface area contributed by atoms with Crippen LogP contribution in [0.3, 0.4) is 0 Å². The monoisotopic (exact) mass is 418 g/mol. The summed E-state index contributed by atoms with van der Waals surface area (Å²) in [5.41, 5.74) is 2.07. The highest BCUT2D eigenvalue weighted by Crippen LogP contribution is 2.37. The second kappa shape index (κ2) is 7.14. The van der Waals surface area contributed by atoms with E-state index < -0.39 is 21.9 Å². The number of benzene rings is 1. The van der Waals surface area contributed by atoms with Crippen LogP contribution in [0.4, 0.5) is 10.2 Å². The Bertz CT molecular complexity index is 1100. The molecule has 0 saturated carbocycles. The van der Waals surface area contributed by atoms with Crippen molar-refractivity contribution in [3.63, 3.8) is 0 Å². The molecule has 1 amide bonds. The van der Waals surface area contributed by atoms with Crippen LogP contribution in [0.25, 0.3) is 0 Å². The van der Waals surface area contributed by atoms with Crippen LogP contribution < -0.4 is 4.90 Å². The Balaban J connectivity index is 1.75. The molecule has 0 bridgehead atoms. The van der Waals surface area contributed by atoms with Crippen LogP contribution in [0.2, 0.25) is 0 Å². The number of carbonyl (C=O) groups is 1. The van der Waals surface area contributed by atoms with Crippen molar-refractivity contribution in [3.05, 3.63) is 46.7 Å². The molecule has 1 fully saturated rings. The van der Waals surface area contributed by atoms with Gasteiger partial charge in [0, 0.05) is 31.3 Å². The van der Waals surface area contributed by atoms with Crippen LogP contribution in [-0.2, 0) is 21.2 Å². The van der Waals surface area contributed by atoms with Gasteiger partial charge in [-0.25, -0.2) is 22.8 Å². The number of hydrogen-bond donors (Lipinski definition) is 0. The third kappa shape index (κ3) is 3.32. The molecule has 0 spiro atoms. The number of rotatable bonds is 3. The van der Waals surface area contributed by atoms with E-state index in [-0.39, 0.29) is 10.8 Å². The Morgan fingerprint density at radius 2 is 1.93 bits per heavy atom. The SMILES string of the molecule is Cc1ccc(S(=O)(=O)N2CCC[C@@H]2c2nc(C)c3c(n2)N(C)C(=O)CC3)cc1F. The number of anilines is 1. The first-order valence-electron chi connectivity index (χ1n) is 9.62. The van der Waals surface area contributed by atoms with Gasteiger partial charge >= 0.3 is 0 Å². The summed E-state index contributed by atoms with van der Waals surface area (Å²) in [5.74, 6) is 0.362. The van der Waals surface area contributed by atoms with Crippen molar-refractivity contribution in [1.82, 2.24) is 14.3 Å². The molecule has 154 valence electrons. The van der Waals surface area contributed by atoms with Crippen molar-refractivity contribution in [3.8, 4) is 0 Å². The summed E-state index contributed by atoms with van der Waals surface area (Å²) in [4.78, 5) is 22.7. The molecule has 2 aromatic rings. The fourth-order valence-electron chi connectivity index (χ4n) is 3.99. The lowest BCUT2D eigenvalue weighted by molar-refractivity contribution is -0.118.